The van der Waals surface area contributed by atoms with Crippen LogP contribution in [0.15, 0.2) is 60.7 Å². The number of amides is 4. The Morgan fingerprint density at radius 2 is 1.49 bits per heavy atom. The number of alkyl carbamates (subject to hydrolysis) is 1. The zero-order chi connectivity index (χ0) is 29.2. The molecule has 39 heavy (non-hydrogen) atoms. The molecule has 2 unspecified atom stereocenters. The molecule has 0 radical (unpaired) electrons. The van der Waals surface area contributed by atoms with Crippen LogP contribution >= 0.6 is 0 Å². The number of ether oxygens (including phenoxy) is 1. The third kappa shape index (κ3) is 9.74. The molecule has 9 heteroatoms. The van der Waals surface area contributed by atoms with Gasteiger partial charge in [-0.2, -0.15) is 0 Å². The van der Waals surface area contributed by atoms with Crippen LogP contribution in [0.3, 0.4) is 0 Å². The fraction of sp³-hybridized carbons (Fsp3) is 0.467. The van der Waals surface area contributed by atoms with Gasteiger partial charge in [0.15, 0.2) is 0 Å². The Bertz CT molecular complexity index is 1110. The van der Waals surface area contributed by atoms with Gasteiger partial charge in [-0.3, -0.25) is 14.4 Å². The molecule has 0 saturated heterocycles. The lowest BCUT2D eigenvalue weighted by molar-refractivity contribution is -0.149. The van der Waals surface area contributed by atoms with Gasteiger partial charge in [-0.1, -0.05) is 67.6 Å². The molecule has 2 rings (SSSR count). The van der Waals surface area contributed by atoms with Gasteiger partial charge >= 0.3 is 6.09 Å². The summed E-state index contributed by atoms with van der Waals surface area (Å²) in [6.07, 6.45) is -0.466. The molecule has 0 fully saturated rings. The molecule has 2 aromatic carbocycles. The highest BCUT2D eigenvalue weighted by atomic mass is 16.6. The minimum atomic E-state index is -1.15. The van der Waals surface area contributed by atoms with Crippen molar-refractivity contribution in [2.24, 2.45) is 5.73 Å². The second kappa shape index (κ2) is 13.8. The smallest absolute Gasteiger partial charge is 0.408 e. The Balaban J connectivity index is 2.52. The van der Waals surface area contributed by atoms with E-state index in [0.717, 1.165) is 5.56 Å². The first kappa shape index (κ1) is 31.3. The summed E-state index contributed by atoms with van der Waals surface area (Å²) in [6, 6.07) is 16.3. The van der Waals surface area contributed by atoms with Gasteiger partial charge in [0.25, 0.3) is 0 Å². The van der Waals surface area contributed by atoms with Crippen molar-refractivity contribution in [2.45, 2.75) is 90.6 Å². The molecule has 2 atom stereocenters. The molecule has 0 aliphatic rings. The van der Waals surface area contributed by atoms with E-state index in [-0.39, 0.29) is 25.3 Å². The van der Waals surface area contributed by atoms with Crippen LogP contribution < -0.4 is 16.4 Å². The van der Waals surface area contributed by atoms with E-state index in [4.69, 9.17) is 10.5 Å². The van der Waals surface area contributed by atoms with Crippen molar-refractivity contribution in [2.75, 3.05) is 0 Å². The van der Waals surface area contributed by atoms with Gasteiger partial charge < -0.3 is 26.0 Å². The van der Waals surface area contributed by atoms with Crippen LogP contribution in [0.25, 0.3) is 0 Å². The maximum atomic E-state index is 14.3. The van der Waals surface area contributed by atoms with Crippen molar-refractivity contribution in [1.29, 1.82) is 0 Å². The highest BCUT2D eigenvalue weighted by molar-refractivity contribution is 5.93. The molecule has 9 nitrogen and oxygen atoms in total. The predicted octanol–water partition coefficient (Wildman–Crippen LogP) is 4.22. The van der Waals surface area contributed by atoms with E-state index in [0.29, 0.717) is 12.0 Å². The zero-order valence-electron chi connectivity index (χ0n) is 23.8. The molecular formula is C30H42N4O5. The van der Waals surface area contributed by atoms with E-state index in [1.807, 2.05) is 57.2 Å². The molecule has 0 bridgehead atoms. The lowest BCUT2D eigenvalue weighted by atomic mass is 9.91. The second-order valence-corrected chi connectivity index (χ2v) is 11.1. The number of benzene rings is 2. The number of nitrogens with two attached hydrogens (primary N) is 1. The monoisotopic (exact) mass is 538 g/mol. The van der Waals surface area contributed by atoms with Crippen LogP contribution in [0.5, 0.6) is 0 Å². The van der Waals surface area contributed by atoms with Gasteiger partial charge in [0.2, 0.25) is 17.7 Å². The molecule has 0 aliphatic heterocycles. The number of hydrogen-bond acceptors (Lipinski definition) is 5. The fourth-order valence-electron chi connectivity index (χ4n) is 4.04. The molecule has 0 heterocycles. The summed E-state index contributed by atoms with van der Waals surface area (Å²) in [7, 11) is 0. The average Bonchev–Trinajstić information content (AvgIpc) is 2.87. The van der Waals surface area contributed by atoms with Crippen molar-refractivity contribution in [3.63, 3.8) is 0 Å². The summed E-state index contributed by atoms with van der Waals surface area (Å²) in [6.45, 7) is 11.1. The van der Waals surface area contributed by atoms with Gasteiger partial charge in [-0.05, 0) is 58.6 Å². The lowest BCUT2D eigenvalue weighted by Gasteiger charge is -2.44. The van der Waals surface area contributed by atoms with Crippen LogP contribution in [0, 0.1) is 0 Å². The van der Waals surface area contributed by atoms with E-state index in [9.17, 15) is 19.2 Å². The van der Waals surface area contributed by atoms with Gasteiger partial charge in [0.1, 0.15) is 17.7 Å². The van der Waals surface area contributed by atoms with Gasteiger partial charge in [-0.15, -0.1) is 0 Å². The van der Waals surface area contributed by atoms with Crippen molar-refractivity contribution in [3.05, 3.63) is 71.8 Å². The molecule has 0 aromatic heterocycles. The van der Waals surface area contributed by atoms with E-state index in [1.165, 1.54) is 4.90 Å². The SMILES string of the molecule is CCC(C)(C)N(C(=O)C(CCC(N)=O)NC(=O)OC(C)(C)C)C(C(=O)NCc1ccccc1)c1ccccc1. The number of carbonyl (C=O) groups excluding carboxylic acids is 4. The van der Waals surface area contributed by atoms with Crippen LogP contribution in [-0.2, 0) is 25.7 Å². The number of rotatable bonds is 12. The van der Waals surface area contributed by atoms with E-state index in [1.54, 1.807) is 45.0 Å². The maximum absolute atomic E-state index is 14.3. The Labute approximate surface area is 231 Å². The Hall–Kier alpha value is -3.88. The topological polar surface area (TPSA) is 131 Å². The largest absolute Gasteiger partial charge is 0.444 e. The Morgan fingerprint density at radius 1 is 0.923 bits per heavy atom. The fourth-order valence-corrected chi connectivity index (χ4v) is 4.04. The second-order valence-electron chi connectivity index (χ2n) is 11.1. The highest BCUT2D eigenvalue weighted by Crippen LogP contribution is 2.32. The third-order valence-electron chi connectivity index (χ3n) is 6.35. The highest BCUT2D eigenvalue weighted by Gasteiger charge is 2.43. The lowest BCUT2D eigenvalue weighted by Crippen LogP contribution is -2.59. The van der Waals surface area contributed by atoms with Crippen molar-refractivity contribution in [1.82, 2.24) is 15.5 Å². The zero-order valence-corrected chi connectivity index (χ0v) is 23.8. The quantitative estimate of drug-likeness (QED) is 0.372. The standard InChI is InChI=1S/C30H42N4O5/c1-7-30(5,6)34(27(37)23(18-19-24(31)35)33-28(38)39-29(2,3)4)25(22-16-12-9-13-17-22)26(36)32-20-21-14-10-8-11-15-21/h8-17,23,25H,7,18-20H2,1-6H3,(H2,31,35)(H,32,36)(H,33,38). The van der Waals surface area contributed by atoms with Gasteiger partial charge in [0.05, 0.1) is 0 Å². The summed E-state index contributed by atoms with van der Waals surface area (Å²) in [5.74, 6) is -1.50. The normalized spacial score (nSPS) is 13.1. The van der Waals surface area contributed by atoms with Crippen LogP contribution in [-0.4, -0.2) is 45.9 Å². The Kier molecular flexibility index (Phi) is 11.1. The molecule has 0 saturated carbocycles. The van der Waals surface area contributed by atoms with Crippen LogP contribution in [0.4, 0.5) is 4.79 Å². The van der Waals surface area contributed by atoms with Crippen molar-refractivity contribution in [3.8, 4) is 0 Å². The van der Waals surface area contributed by atoms with Crippen molar-refractivity contribution < 1.29 is 23.9 Å². The van der Waals surface area contributed by atoms with Crippen LogP contribution in [0.2, 0.25) is 0 Å². The van der Waals surface area contributed by atoms with Gasteiger partial charge in [-0.25, -0.2) is 4.79 Å². The number of nitrogens with one attached hydrogen (secondary N) is 2. The Morgan fingerprint density at radius 3 is 2.00 bits per heavy atom. The van der Waals surface area contributed by atoms with E-state index >= 15 is 0 Å². The molecule has 4 N–H and O–H groups in total. The predicted molar refractivity (Wildman–Crippen MR) is 150 cm³/mol. The summed E-state index contributed by atoms with van der Waals surface area (Å²) >= 11 is 0. The molecular weight excluding hydrogens is 496 g/mol. The number of nitrogens with zero attached hydrogens (tertiary/aromatic N) is 1. The third-order valence-corrected chi connectivity index (χ3v) is 6.35. The van der Waals surface area contributed by atoms with Gasteiger partial charge in [0, 0.05) is 18.5 Å². The summed E-state index contributed by atoms with van der Waals surface area (Å²) in [5, 5.41) is 5.59. The first-order chi connectivity index (χ1) is 18.2. The molecule has 212 valence electrons. The number of carbonyl (C=O) groups is 4. The first-order valence-electron chi connectivity index (χ1n) is 13.2. The first-order valence-corrected chi connectivity index (χ1v) is 13.2. The van der Waals surface area contributed by atoms with Crippen LogP contribution in [0.1, 0.15) is 78.0 Å². The number of primary amides is 1. The average molecular weight is 539 g/mol. The summed E-state index contributed by atoms with van der Waals surface area (Å²) in [4.78, 5) is 53.9. The summed E-state index contributed by atoms with van der Waals surface area (Å²) in [5.41, 5.74) is 5.31. The van der Waals surface area contributed by atoms with E-state index < -0.39 is 41.1 Å². The number of hydrogen-bond donors (Lipinski definition) is 3. The molecule has 4 amide bonds. The molecule has 0 spiro atoms. The molecule has 2 aromatic rings. The van der Waals surface area contributed by atoms with E-state index in [2.05, 4.69) is 10.6 Å². The molecule has 0 aliphatic carbocycles. The van der Waals surface area contributed by atoms with Crippen molar-refractivity contribution >= 4 is 23.8 Å². The summed E-state index contributed by atoms with van der Waals surface area (Å²) < 4.78 is 5.38. The minimum absolute atomic E-state index is 0.0448. The minimum Gasteiger partial charge on any atom is -0.444 e. The maximum Gasteiger partial charge on any atom is 0.408 e.